The van der Waals surface area contributed by atoms with Crippen molar-refractivity contribution in [3.63, 3.8) is 0 Å². The molecule has 0 amide bonds. The molecule has 0 saturated carbocycles. The molecule has 4 N–H and O–H groups in total. The molecule has 0 aromatic rings. The van der Waals surface area contributed by atoms with Gasteiger partial charge >= 0.3 is 27.9 Å². The van der Waals surface area contributed by atoms with Crippen molar-refractivity contribution in [2.45, 2.75) is 0 Å². The molecule has 0 aliphatic heterocycles. The molecule has 0 radical (unpaired) electrons. The standard InChI is InChI=1S/Li.H4O4Si.H3P.H/c;1-5(2,3)4;;/h;1-4H;1H3;/q+1;;;-1. The molecule has 0 aliphatic rings. The molecule has 0 spiro atoms. The maximum Gasteiger partial charge on any atom is 1.00 e. The van der Waals surface area contributed by atoms with Gasteiger partial charge in [-0.2, -0.15) is 9.90 Å². The van der Waals surface area contributed by atoms with Crippen LogP contribution in [0.1, 0.15) is 1.43 Å². The van der Waals surface area contributed by atoms with Crippen LogP contribution in [-0.4, -0.2) is 28.2 Å². The van der Waals surface area contributed by atoms with Gasteiger partial charge in [-0.3, -0.25) is 0 Å². The SMILES string of the molecule is O[Si](O)(O)O.P.[H-].[Li+]. The van der Waals surface area contributed by atoms with Crippen molar-refractivity contribution >= 4 is 18.9 Å². The fraction of sp³-hybridized carbons (Fsp3) is 0. The van der Waals surface area contributed by atoms with Crippen molar-refractivity contribution in [1.82, 2.24) is 0 Å². The van der Waals surface area contributed by atoms with E-state index in [0.717, 1.165) is 0 Å². The van der Waals surface area contributed by atoms with Crippen LogP contribution in [0.2, 0.25) is 0 Å². The molecule has 7 heteroatoms. The molecule has 0 saturated heterocycles. The third kappa shape index (κ3) is 156. The smallest absolute Gasteiger partial charge is 1.00 e. The van der Waals surface area contributed by atoms with Crippen molar-refractivity contribution in [1.29, 1.82) is 0 Å². The summed E-state index contributed by atoms with van der Waals surface area (Å²) < 4.78 is 0. The Kier molecular flexibility index (Phi) is 11.7. The van der Waals surface area contributed by atoms with E-state index in [1.54, 1.807) is 0 Å². The zero-order chi connectivity index (χ0) is 4.50. The van der Waals surface area contributed by atoms with Gasteiger partial charge in [0.1, 0.15) is 0 Å². The van der Waals surface area contributed by atoms with Gasteiger partial charge in [-0.05, 0) is 0 Å². The second kappa shape index (κ2) is 5.23. The summed E-state index contributed by atoms with van der Waals surface area (Å²) in [5, 5.41) is 0. The van der Waals surface area contributed by atoms with Crippen molar-refractivity contribution in [3.05, 3.63) is 0 Å². The molecule has 0 bridgehead atoms. The Balaban J connectivity index is -0.0000000267. The van der Waals surface area contributed by atoms with Crippen LogP contribution in [0.15, 0.2) is 0 Å². The van der Waals surface area contributed by atoms with E-state index in [4.69, 9.17) is 19.2 Å². The van der Waals surface area contributed by atoms with E-state index >= 15 is 0 Å². The van der Waals surface area contributed by atoms with Gasteiger partial charge in [-0.15, -0.1) is 0 Å². The molecular weight excluding hydrogens is 130 g/mol. The third-order valence-electron chi connectivity index (χ3n) is 0. The predicted octanol–water partition coefficient (Wildman–Crippen LogP) is -5.43. The maximum absolute atomic E-state index is 7.33. The molecule has 1 atom stereocenters. The first-order valence-electron chi connectivity index (χ1n) is 0.894. The average Bonchev–Trinajstić information content (AvgIpc) is 0.722. The predicted molar refractivity (Wildman–Crippen MR) is 26.8 cm³/mol. The summed E-state index contributed by atoms with van der Waals surface area (Å²) in [7, 11) is -4.61. The van der Waals surface area contributed by atoms with Crippen LogP contribution >= 0.6 is 9.90 Å². The maximum atomic E-state index is 7.33. The molecule has 0 heterocycles. The minimum absolute atomic E-state index is 0. The van der Waals surface area contributed by atoms with E-state index in [9.17, 15) is 0 Å². The number of rotatable bonds is 0. The van der Waals surface area contributed by atoms with Gasteiger partial charge in [-0.25, -0.2) is 0 Å². The van der Waals surface area contributed by atoms with Gasteiger partial charge in [0.25, 0.3) is 0 Å². The summed E-state index contributed by atoms with van der Waals surface area (Å²) in [6.07, 6.45) is 0. The van der Waals surface area contributed by atoms with Gasteiger partial charge in [0.05, 0.1) is 0 Å². The molecule has 42 valence electrons. The third-order valence-corrected chi connectivity index (χ3v) is 0. The van der Waals surface area contributed by atoms with Crippen molar-refractivity contribution in [2.24, 2.45) is 0 Å². The summed E-state index contributed by atoms with van der Waals surface area (Å²) in [6.45, 7) is 0. The largest absolute Gasteiger partial charge is 1.00 e. The molecule has 0 aliphatic carbocycles. The van der Waals surface area contributed by atoms with Crippen molar-refractivity contribution in [2.75, 3.05) is 0 Å². The fourth-order valence-electron chi connectivity index (χ4n) is 0. The number of hydrogen-bond acceptors (Lipinski definition) is 4. The Morgan fingerprint density at radius 2 is 1.00 bits per heavy atom. The zero-order valence-electron chi connectivity index (χ0n) is 5.00. The molecule has 0 aromatic carbocycles. The minimum Gasteiger partial charge on any atom is -1.00 e. The molecular formula is H8LiO4PSi. The molecule has 0 aromatic heterocycles. The first-order valence-corrected chi connectivity index (χ1v) is 2.68. The van der Waals surface area contributed by atoms with Gasteiger partial charge < -0.3 is 20.6 Å². The Labute approximate surface area is 59.0 Å². The average molecular weight is 138 g/mol. The van der Waals surface area contributed by atoms with Crippen LogP contribution in [0, 0.1) is 0 Å². The van der Waals surface area contributed by atoms with Crippen molar-refractivity contribution < 1.29 is 39.5 Å². The summed E-state index contributed by atoms with van der Waals surface area (Å²) in [6, 6.07) is 0. The van der Waals surface area contributed by atoms with Crippen LogP contribution in [0.5, 0.6) is 0 Å². The normalized spacial score (nSPS) is 8.57. The molecule has 1 unspecified atom stereocenters. The Hall–Kier alpha value is 1.08. The molecule has 7 heavy (non-hydrogen) atoms. The second-order valence-electron chi connectivity index (χ2n) is 0.600. The van der Waals surface area contributed by atoms with E-state index < -0.39 is 9.05 Å². The van der Waals surface area contributed by atoms with Gasteiger partial charge in [0.15, 0.2) is 0 Å². The van der Waals surface area contributed by atoms with E-state index in [1.165, 1.54) is 0 Å². The van der Waals surface area contributed by atoms with E-state index in [2.05, 4.69) is 0 Å². The monoisotopic (exact) mass is 138 g/mol. The Morgan fingerprint density at radius 1 is 1.00 bits per heavy atom. The topological polar surface area (TPSA) is 80.9 Å². The van der Waals surface area contributed by atoms with Crippen LogP contribution in [-0.2, 0) is 0 Å². The van der Waals surface area contributed by atoms with Crippen LogP contribution in [0.25, 0.3) is 0 Å². The summed E-state index contributed by atoms with van der Waals surface area (Å²) in [5.41, 5.74) is 0. The number of hydrogen-bond donors (Lipinski definition) is 4. The quantitative estimate of drug-likeness (QED) is 0.199. The summed E-state index contributed by atoms with van der Waals surface area (Å²) in [5.74, 6) is 0. The molecule has 0 rings (SSSR count). The van der Waals surface area contributed by atoms with E-state index in [0.29, 0.717) is 0 Å². The first kappa shape index (κ1) is 15.7. The van der Waals surface area contributed by atoms with Crippen LogP contribution < -0.4 is 18.9 Å². The van der Waals surface area contributed by atoms with E-state index in [-0.39, 0.29) is 30.2 Å². The van der Waals surface area contributed by atoms with Gasteiger partial charge in [0.2, 0.25) is 0 Å². The second-order valence-corrected chi connectivity index (χ2v) is 1.80. The summed E-state index contributed by atoms with van der Waals surface area (Å²) in [4.78, 5) is 29.3. The van der Waals surface area contributed by atoms with Crippen LogP contribution in [0.4, 0.5) is 0 Å². The molecule has 4 nitrogen and oxygen atoms in total. The fourth-order valence-corrected chi connectivity index (χ4v) is 0. The summed E-state index contributed by atoms with van der Waals surface area (Å²) >= 11 is 0. The van der Waals surface area contributed by atoms with E-state index in [1.807, 2.05) is 0 Å². The van der Waals surface area contributed by atoms with Gasteiger partial charge in [0, 0.05) is 0 Å². The van der Waals surface area contributed by atoms with Crippen molar-refractivity contribution in [3.8, 4) is 0 Å². The Bertz CT molecular complexity index is 31.5. The first-order chi connectivity index (χ1) is 2.00. The Morgan fingerprint density at radius 3 is 1.00 bits per heavy atom. The van der Waals surface area contributed by atoms with Crippen LogP contribution in [0.3, 0.4) is 0 Å². The van der Waals surface area contributed by atoms with Gasteiger partial charge in [-0.1, -0.05) is 0 Å². The minimum atomic E-state index is -4.61. The molecule has 0 fully saturated rings. The zero-order valence-corrected chi connectivity index (χ0v) is 6.41.